The highest BCUT2D eigenvalue weighted by Gasteiger charge is 2.26. The Morgan fingerprint density at radius 1 is 1.12 bits per heavy atom. The van der Waals surface area contributed by atoms with Crippen molar-refractivity contribution >= 4 is 11.7 Å². The largest absolute Gasteiger partial charge is 0.338 e. The number of amides is 2. The number of carbonyl (C=O) groups is 1. The predicted octanol–water partition coefficient (Wildman–Crippen LogP) is 3.89. The summed E-state index contributed by atoms with van der Waals surface area (Å²) in [6.45, 7) is 5.09. The van der Waals surface area contributed by atoms with Gasteiger partial charge in [0.25, 0.3) is 0 Å². The van der Waals surface area contributed by atoms with Crippen molar-refractivity contribution < 1.29 is 4.79 Å². The number of anilines is 1. The van der Waals surface area contributed by atoms with E-state index in [0.29, 0.717) is 12.0 Å². The van der Waals surface area contributed by atoms with Gasteiger partial charge in [0.05, 0.1) is 0 Å². The Kier molecular flexibility index (Phi) is 5.49. The molecule has 0 saturated carbocycles. The average molecular weight is 323 g/mol. The Hall–Kier alpha value is -2.33. The number of nitrogens with one attached hydrogen (secondary N) is 2. The van der Waals surface area contributed by atoms with Gasteiger partial charge in [0, 0.05) is 24.8 Å². The van der Waals surface area contributed by atoms with Crippen molar-refractivity contribution in [1.82, 2.24) is 10.2 Å². The van der Waals surface area contributed by atoms with Gasteiger partial charge in [0.2, 0.25) is 0 Å². The van der Waals surface area contributed by atoms with Gasteiger partial charge < -0.3 is 10.6 Å². The molecule has 0 bridgehead atoms. The summed E-state index contributed by atoms with van der Waals surface area (Å²) in [5, 5.41) is 5.86. The summed E-state index contributed by atoms with van der Waals surface area (Å²) in [4.78, 5) is 14.5. The number of carbonyl (C=O) groups excluding carboxylic acids is 1. The van der Waals surface area contributed by atoms with Gasteiger partial charge in [0.15, 0.2) is 0 Å². The van der Waals surface area contributed by atoms with Crippen LogP contribution >= 0.6 is 0 Å². The van der Waals surface area contributed by atoms with Crippen LogP contribution in [0.25, 0.3) is 0 Å². The van der Waals surface area contributed by atoms with Crippen LogP contribution in [0.3, 0.4) is 0 Å². The summed E-state index contributed by atoms with van der Waals surface area (Å²) < 4.78 is 0. The van der Waals surface area contributed by atoms with Gasteiger partial charge in [-0.2, -0.15) is 0 Å². The lowest BCUT2D eigenvalue weighted by molar-refractivity contribution is 0.243. The van der Waals surface area contributed by atoms with Gasteiger partial charge in [-0.05, 0) is 43.5 Å². The summed E-state index contributed by atoms with van der Waals surface area (Å²) >= 11 is 0. The van der Waals surface area contributed by atoms with E-state index in [4.69, 9.17) is 0 Å². The van der Waals surface area contributed by atoms with Gasteiger partial charge in [0.1, 0.15) is 0 Å². The fourth-order valence-corrected chi connectivity index (χ4v) is 3.26. The minimum atomic E-state index is -0.129. The molecule has 1 heterocycles. The lowest BCUT2D eigenvalue weighted by Gasteiger charge is -2.24. The number of hydrogen-bond donors (Lipinski definition) is 2. The van der Waals surface area contributed by atoms with Gasteiger partial charge in [-0.15, -0.1) is 0 Å². The van der Waals surface area contributed by atoms with Crippen LogP contribution in [0.1, 0.15) is 24.9 Å². The van der Waals surface area contributed by atoms with Crippen molar-refractivity contribution in [3.05, 3.63) is 66.2 Å². The van der Waals surface area contributed by atoms with Crippen LogP contribution in [0.2, 0.25) is 0 Å². The molecule has 0 spiro atoms. The maximum atomic E-state index is 12.0. The van der Waals surface area contributed by atoms with Crippen LogP contribution in [-0.4, -0.2) is 30.6 Å². The zero-order chi connectivity index (χ0) is 16.8. The SMILES string of the molecule is CC(c1ccccc1)N1CCC(CNC(=O)Nc2ccccc2)C1. The summed E-state index contributed by atoms with van der Waals surface area (Å²) in [5.41, 5.74) is 2.17. The molecule has 2 N–H and O–H groups in total. The topological polar surface area (TPSA) is 44.4 Å². The summed E-state index contributed by atoms with van der Waals surface area (Å²) in [6.07, 6.45) is 1.13. The van der Waals surface area contributed by atoms with E-state index in [0.717, 1.165) is 31.7 Å². The minimum Gasteiger partial charge on any atom is -0.338 e. The Morgan fingerprint density at radius 3 is 2.50 bits per heavy atom. The Labute approximate surface area is 143 Å². The maximum Gasteiger partial charge on any atom is 0.319 e. The number of nitrogens with zero attached hydrogens (tertiary/aromatic N) is 1. The molecule has 1 aliphatic heterocycles. The molecular formula is C20H25N3O. The summed E-state index contributed by atoms with van der Waals surface area (Å²) in [5.74, 6) is 0.512. The summed E-state index contributed by atoms with van der Waals surface area (Å²) in [7, 11) is 0. The zero-order valence-electron chi connectivity index (χ0n) is 14.1. The average Bonchev–Trinajstić information content (AvgIpc) is 3.10. The van der Waals surface area contributed by atoms with Crippen LogP contribution in [0.5, 0.6) is 0 Å². The van der Waals surface area contributed by atoms with Crippen molar-refractivity contribution in [2.24, 2.45) is 5.92 Å². The number of rotatable bonds is 5. The first kappa shape index (κ1) is 16.5. The molecule has 1 saturated heterocycles. The number of likely N-dealkylation sites (tertiary alicyclic amines) is 1. The summed E-state index contributed by atoms with van der Waals surface area (Å²) in [6, 6.07) is 20.4. The molecule has 1 fully saturated rings. The molecule has 0 aromatic heterocycles. The highest BCUT2D eigenvalue weighted by molar-refractivity contribution is 5.89. The van der Waals surface area contributed by atoms with Crippen LogP contribution in [0.15, 0.2) is 60.7 Å². The molecule has 2 unspecified atom stereocenters. The first-order valence-electron chi connectivity index (χ1n) is 8.61. The molecule has 2 aromatic carbocycles. The van der Waals surface area contributed by atoms with E-state index in [9.17, 15) is 4.79 Å². The fourth-order valence-electron chi connectivity index (χ4n) is 3.26. The van der Waals surface area contributed by atoms with E-state index in [1.54, 1.807) is 0 Å². The number of benzene rings is 2. The lowest BCUT2D eigenvalue weighted by atomic mass is 10.1. The normalized spacial score (nSPS) is 19.0. The molecule has 0 radical (unpaired) electrons. The Morgan fingerprint density at radius 2 is 1.79 bits per heavy atom. The van der Waals surface area contributed by atoms with Crippen LogP contribution in [-0.2, 0) is 0 Å². The van der Waals surface area contributed by atoms with Gasteiger partial charge in [-0.1, -0.05) is 48.5 Å². The van der Waals surface area contributed by atoms with Crippen LogP contribution < -0.4 is 10.6 Å². The third-order valence-corrected chi connectivity index (χ3v) is 4.73. The third kappa shape index (κ3) is 4.36. The van der Waals surface area contributed by atoms with Gasteiger partial charge >= 0.3 is 6.03 Å². The lowest BCUT2D eigenvalue weighted by Crippen LogP contribution is -2.34. The predicted molar refractivity (Wildman–Crippen MR) is 98.0 cm³/mol. The van der Waals surface area contributed by atoms with Crippen LogP contribution in [0.4, 0.5) is 10.5 Å². The van der Waals surface area contributed by atoms with E-state index in [-0.39, 0.29) is 6.03 Å². The van der Waals surface area contributed by atoms with E-state index in [1.165, 1.54) is 5.56 Å². The molecule has 2 amide bonds. The van der Waals surface area contributed by atoms with E-state index in [2.05, 4.69) is 52.8 Å². The van der Waals surface area contributed by atoms with Gasteiger partial charge in [-0.25, -0.2) is 4.79 Å². The van der Waals surface area contributed by atoms with E-state index in [1.807, 2.05) is 30.3 Å². The third-order valence-electron chi connectivity index (χ3n) is 4.73. The van der Waals surface area contributed by atoms with Crippen molar-refractivity contribution in [3.63, 3.8) is 0 Å². The molecule has 4 nitrogen and oxygen atoms in total. The van der Waals surface area contributed by atoms with Crippen molar-refractivity contribution in [3.8, 4) is 0 Å². The van der Waals surface area contributed by atoms with Crippen molar-refractivity contribution in [2.75, 3.05) is 25.0 Å². The Bertz CT molecular complexity index is 644. The number of urea groups is 1. The fraction of sp³-hybridized carbons (Fsp3) is 0.350. The highest BCUT2D eigenvalue weighted by atomic mass is 16.2. The Balaban J connectivity index is 1.44. The zero-order valence-corrected chi connectivity index (χ0v) is 14.1. The minimum absolute atomic E-state index is 0.129. The highest BCUT2D eigenvalue weighted by Crippen LogP contribution is 2.26. The second-order valence-corrected chi connectivity index (χ2v) is 6.44. The molecule has 126 valence electrons. The molecule has 4 heteroatoms. The quantitative estimate of drug-likeness (QED) is 0.877. The van der Waals surface area contributed by atoms with Crippen molar-refractivity contribution in [1.29, 1.82) is 0 Å². The first-order chi connectivity index (χ1) is 11.7. The van der Waals surface area contributed by atoms with Crippen LogP contribution in [0, 0.1) is 5.92 Å². The monoisotopic (exact) mass is 323 g/mol. The van der Waals surface area contributed by atoms with Gasteiger partial charge in [-0.3, -0.25) is 4.90 Å². The van der Waals surface area contributed by atoms with E-state index >= 15 is 0 Å². The molecule has 0 aliphatic carbocycles. The molecule has 2 aromatic rings. The number of para-hydroxylation sites is 1. The molecular weight excluding hydrogens is 298 g/mol. The maximum absolute atomic E-state index is 12.0. The number of hydrogen-bond acceptors (Lipinski definition) is 2. The molecule has 2 atom stereocenters. The standard InChI is InChI=1S/C20H25N3O/c1-16(18-8-4-2-5-9-18)23-13-12-17(15-23)14-21-20(24)22-19-10-6-3-7-11-19/h2-11,16-17H,12-15H2,1H3,(H2,21,22,24). The van der Waals surface area contributed by atoms with Crippen molar-refractivity contribution in [2.45, 2.75) is 19.4 Å². The second-order valence-electron chi connectivity index (χ2n) is 6.44. The first-order valence-corrected chi connectivity index (χ1v) is 8.61. The van der Waals surface area contributed by atoms with E-state index < -0.39 is 0 Å². The molecule has 24 heavy (non-hydrogen) atoms. The smallest absolute Gasteiger partial charge is 0.319 e. The molecule has 1 aliphatic rings. The molecule has 3 rings (SSSR count). The second kappa shape index (κ2) is 7.97.